The van der Waals surface area contributed by atoms with Gasteiger partial charge in [0.15, 0.2) is 0 Å². The molecule has 0 aliphatic carbocycles. The van der Waals surface area contributed by atoms with E-state index in [0.717, 1.165) is 56.7 Å². The van der Waals surface area contributed by atoms with Gasteiger partial charge in [0.25, 0.3) is 0 Å². The van der Waals surface area contributed by atoms with E-state index in [1.54, 1.807) is 23.5 Å². The van der Waals surface area contributed by atoms with Crippen molar-refractivity contribution in [3.63, 3.8) is 0 Å². The molecular weight excluding hydrogens is 333 g/mol. The molecule has 2 aromatic rings. The van der Waals surface area contributed by atoms with Gasteiger partial charge in [-0.2, -0.15) is 0 Å². The first-order valence-corrected chi connectivity index (χ1v) is 10.1. The summed E-state index contributed by atoms with van der Waals surface area (Å²) in [4.78, 5) is 5.09. The molecule has 0 bridgehead atoms. The largest absolute Gasteiger partial charge is 0.368 e. The Kier molecular flexibility index (Phi) is 6.45. The summed E-state index contributed by atoms with van der Waals surface area (Å²) in [6, 6.07) is 5.67. The lowest BCUT2D eigenvalue weighted by Gasteiger charge is -2.42. The highest BCUT2D eigenvalue weighted by atomic mass is 32.1. The molecule has 0 amide bonds. The van der Waals surface area contributed by atoms with Gasteiger partial charge < -0.3 is 10.6 Å². The van der Waals surface area contributed by atoms with Crippen molar-refractivity contribution in [3.8, 4) is 0 Å². The van der Waals surface area contributed by atoms with Crippen LogP contribution in [0.25, 0.3) is 10.1 Å². The molecule has 25 heavy (non-hydrogen) atoms. The fraction of sp³-hybridized carbons (Fsp3) is 0.500. The van der Waals surface area contributed by atoms with E-state index in [-0.39, 0.29) is 5.82 Å². The lowest BCUT2D eigenvalue weighted by molar-refractivity contribution is 0.166. The van der Waals surface area contributed by atoms with E-state index in [4.69, 9.17) is 5.73 Å². The van der Waals surface area contributed by atoms with Gasteiger partial charge in [-0.3, -0.25) is 4.90 Å². The molecule has 0 saturated carbocycles. The van der Waals surface area contributed by atoms with Crippen LogP contribution in [0.5, 0.6) is 0 Å². The molecule has 136 valence electrons. The standard InChI is InChI=1S/C20H28FN3S/c1-2-3-6-17-14-24(12-11-23(17)10-5-4-9-22)19-15-25-20-13-16(21)7-8-18(19)20/h2,7-8,13,15,17H,1,3-6,9-12,14,22H2. The number of thiophene rings is 1. The summed E-state index contributed by atoms with van der Waals surface area (Å²) in [5.74, 6) is -0.158. The molecule has 3 rings (SSSR count). The predicted octanol–water partition coefficient (Wildman–Crippen LogP) is 4.24. The van der Waals surface area contributed by atoms with Crippen molar-refractivity contribution in [2.75, 3.05) is 37.6 Å². The maximum atomic E-state index is 13.5. The lowest BCUT2D eigenvalue weighted by atomic mass is 10.0. The number of hydrogen-bond donors (Lipinski definition) is 1. The van der Waals surface area contributed by atoms with Gasteiger partial charge in [0, 0.05) is 41.1 Å². The zero-order chi connectivity index (χ0) is 17.6. The van der Waals surface area contributed by atoms with E-state index in [0.29, 0.717) is 6.04 Å². The Morgan fingerprint density at radius 3 is 3.00 bits per heavy atom. The Morgan fingerprint density at radius 2 is 2.20 bits per heavy atom. The summed E-state index contributed by atoms with van der Waals surface area (Å²) in [5.41, 5.74) is 6.90. The number of nitrogens with zero attached hydrogens (tertiary/aromatic N) is 2. The Morgan fingerprint density at radius 1 is 1.32 bits per heavy atom. The summed E-state index contributed by atoms with van der Waals surface area (Å²) in [6.07, 6.45) is 6.46. The number of rotatable bonds is 8. The summed E-state index contributed by atoms with van der Waals surface area (Å²) in [5, 5.41) is 3.35. The minimum absolute atomic E-state index is 0.158. The van der Waals surface area contributed by atoms with Crippen LogP contribution in [0.15, 0.2) is 36.2 Å². The maximum absolute atomic E-state index is 13.5. The van der Waals surface area contributed by atoms with Crippen LogP contribution in [-0.4, -0.2) is 43.7 Å². The Hall–Kier alpha value is -1.43. The molecule has 0 spiro atoms. The fourth-order valence-corrected chi connectivity index (χ4v) is 4.68. The van der Waals surface area contributed by atoms with Crippen molar-refractivity contribution in [2.45, 2.75) is 31.7 Å². The summed E-state index contributed by atoms with van der Waals surface area (Å²) in [6.45, 7) is 8.91. The van der Waals surface area contributed by atoms with Gasteiger partial charge in [-0.25, -0.2) is 4.39 Å². The van der Waals surface area contributed by atoms with Crippen molar-refractivity contribution in [2.24, 2.45) is 5.73 Å². The molecule has 2 N–H and O–H groups in total. The van der Waals surface area contributed by atoms with E-state index in [9.17, 15) is 4.39 Å². The van der Waals surface area contributed by atoms with Crippen LogP contribution in [0, 0.1) is 5.82 Å². The van der Waals surface area contributed by atoms with Gasteiger partial charge in [-0.15, -0.1) is 17.9 Å². The second-order valence-electron chi connectivity index (χ2n) is 6.76. The van der Waals surface area contributed by atoms with Crippen molar-refractivity contribution in [3.05, 3.63) is 42.1 Å². The smallest absolute Gasteiger partial charge is 0.124 e. The van der Waals surface area contributed by atoms with E-state index in [2.05, 4.69) is 21.8 Å². The third-order valence-electron chi connectivity index (χ3n) is 5.07. The first-order valence-electron chi connectivity index (χ1n) is 9.19. The van der Waals surface area contributed by atoms with Crippen LogP contribution < -0.4 is 10.6 Å². The van der Waals surface area contributed by atoms with Crippen LogP contribution >= 0.6 is 11.3 Å². The van der Waals surface area contributed by atoms with Crippen molar-refractivity contribution < 1.29 is 4.39 Å². The highest BCUT2D eigenvalue weighted by Gasteiger charge is 2.27. The van der Waals surface area contributed by atoms with Crippen LogP contribution in [-0.2, 0) is 0 Å². The number of piperazine rings is 1. The van der Waals surface area contributed by atoms with E-state index < -0.39 is 0 Å². The number of hydrogen-bond acceptors (Lipinski definition) is 4. The summed E-state index contributed by atoms with van der Waals surface area (Å²) < 4.78 is 14.5. The Bertz CT molecular complexity index is 699. The highest BCUT2D eigenvalue weighted by Crippen LogP contribution is 2.35. The minimum atomic E-state index is -0.158. The Balaban J connectivity index is 1.73. The van der Waals surface area contributed by atoms with E-state index >= 15 is 0 Å². The van der Waals surface area contributed by atoms with Gasteiger partial charge in [0.05, 0.1) is 5.69 Å². The van der Waals surface area contributed by atoms with Crippen LogP contribution in [0.4, 0.5) is 10.1 Å². The Labute approximate surface area is 153 Å². The predicted molar refractivity (Wildman–Crippen MR) is 107 cm³/mol. The van der Waals surface area contributed by atoms with Gasteiger partial charge >= 0.3 is 0 Å². The van der Waals surface area contributed by atoms with Crippen LogP contribution in [0.1, 0.15) is 25.7 Å². The SMILES string of the molecule is C=CCCC1CN(c2csc3cc(F)ccc23)CCN1CCCCN. The molecule has 1 atom stereocenters. The average Bonchev–Trinajstić information content (AvgIpc) is 3.03. The zero-order valence-electron chi connectivity index (χ0n) is 14.8. The molecule has 2 heterocycles. The summed E-state index contributed by atoms with van der Waals surface area (Å²) >= 11 is 1.63. The topological polar surface area (TPSA) is 32.5 Å². The van der Waals surface area contributed by atoms with Gasteiger partial charge in [0.2, 0.25) is 0 Å². The molecule has 1 unspecified atom stereocenters. The second kappa shape index (κ2) is 8.79. The van der Waals surface area contributed by atoms with Crippen LogP contribution in [0.2, 0.25) is 0 Å². The number of nitrogens with two attached hydrogens (primary N) is 1. The number of halogens is 1. The van der Waals surface area contributed by atoms with E-state index in [1.165, 1.54) is 17.5 Å². The highest BCUT2D eigenvalue weighted by molar-refractivity contribution is 7.17. The first-order chi connectivity index (χ1) is 12.2. The molecule has 1 fully saturated rings. The molecular formula is C20H28FN3S. The van der Waals surface area contributed by atoms with Gasteiger partial charge in [-0.05, 0) is 57.0 Å². The molecule has 3 nitrogen and oxygen atoms in total. The first kappa shape index (κ1) is 18.4. The third kappa shape index (κ3) is 4.40. The number of benzene rings is 1. The molecule has 0 radical (unpaired) electrons. The number of allylic oxidation sites excluding steroid dienone is 1. The minimum Gasteiger partial charge on any atom is -0.368 e. The normalized spacial score (nSPS) is 18.8. The number of anilines is 1. The maximum Gasteiger partial charge on any atom is 0.124 e. The van der Waals surface area contributed by atoms with E-state index in [1.807, 2.05) is 12.1 Å². The molecule has 1 aliphatic heterocycles. The number of unbranched alkanes of at least 4 members (excludes halogenated alkanes) is 1. The lowest BCUT2D eigenvalue weighted by Crippen LogP contribution is -2.53. The fourth-order valence-electron chi connectivity index (χ4n) is 3.68. The van der Waals surface area contributed by atoms with Crippen molar-refractivity contribution in [1.29, 1.82) is 0 Å². The van der Waals surface area contributed by atoms with Gasteiger partial charge in [0.1, 0.15) is 5.82 Å². The molecule has 1 saturated heterocycles. The van der Waals surface area contributed by atoms with Gasteiger partial charge in [-0.1, -0.05) is 6.08 Å². The zero-order valence-corrected chi connectivity index (χ0v) is 15.6. The molecule has 5 heteroatoms. The molecule has 1 aromatic carbocycles. The number of fused-ring (bicyclic) bond motifs is 1. The van der Waals surface area contributed by atoms with Crippen LogP contribution in [0.3, 0.4) is 0 Å². The monoisotopic (exact) mass is 361 g/mol. The average molecular weight is 362 g/mol. The third-order valence-corrected chi connectivity index (χ3v) is 6.00. The molecule has 1 aromatic heterocycles. The summed E-state index contributed by atoms with van der Waals surface area (Å²) in [7, 11) is 0. The quantitative estimate of drug-likeness (QED) is 0.564. The van der Waals surface area contributed by atoms with Crippen molar-refractivity contribution in [1.82, 2.24) is 4.90 Å². The second-order valence-corrected chi connectivity index (χ2v) is 7.67. The van der Waals surface area contributed by atoms with Crippen molar-refractivity contribution >= 4 is 27.1 Å². The molecule has 1 aliphatic rings.